The van der Waals surface area contributed by atoms with Crippen LogP contribution in [0.2, 0.25) is 0 Å². The number of carbonyl (C=O) groups excluding carboxylic acids is 2. The zero-order valence-corrected chi connectivity index (χ0v) is 21.4. The molecule has 10 heteroatoms. The van der Waals surface area contributed by atoms with Crippen LogP contribution in [0.5, 0.6) is 5.75 Å². The predicted octanol–water partition coefficient (Wildman–Crippen LogP) is 5.25. The number of benzene rings is 2. The lowest BCUT2D eigenvalue weighted by Crippen LogP contribution is -2.29. The zero-order valence-electron chi connectivity index (χ0n) is 19.8. The van der Waals surface area contributed by atoms with Crippen LogP contribution in [0.4, 0.5) is 5.13 Å². The smallest absolute Gasteiger partial charge is 0.301 e. The van der Waals surface area contributed by atoms with Gasteiger partial charge in [-0.05, 0) is 42.3 Å². The van der Waals surface area contributed by atoms with Gasteiger partial charge in [-0.15, -0.1) is 10.2 Å². The minimum absolute atomic E-state index is 0.0291. The summed E-state index contributed by atoms with van der Waals surface area (Å²) in [5.74, 6) is -0.576. The van der Waals surface area contributed by atoms with E-state index in [1.54, 1.807) is 36.4 Å². The van der Waals surface area contributed by atoms with Crippen LogP contribution in [0, 0.1) is 0 Å². The van der Waals surface area contributed by atoms with Crippen molar-refractivity contribution in [2.75, 3.05) is 11.5 Å². The van der Waals surface area contributed by atoms with Crippen molar-refractivity contribution < 1.29 is 19.4 Å². The van der Waals surface area contributed by atoms with Gasteiger partial charge in [-0.2, -0.15) is 0 Å². The highest BCUT2D eigenvalue weighted by Crippen LogP contribution is 2.44. The molecule has 5 rings (SSSR count). The summed E-state index contributed by atoms with van der Waals surface area (Å²) < 4.78 is 6.32. The Morgan fingerprint density at radius 1 is 1.05 bits per heavy atom. The Labute approximate surface area is 221 Å². The number of hydrogen-bond acceptors (Lipinski definition) is 9. The maximum atomic E-state index is 13.4. The monoisotopic (exact) mass is 530 g/mol. The molecular weight excluding hydrogens is 508 g/mol. The molecule has 0 saturated carbocycles. The number of aromatic nitrogens is 3. The second-order valence-corrected chi connectivity index (χ2v) is 10.2. The molecule has 1 fully saturated rings. The van der Waals surface area contributed by atoms with Gasteiger partial charge in [-0.25, -0.2) is 0 Å². The first kappa shape index (κ1) is 24.7. The number of anilines is 1. The number of aliphatic hydroxyl groups is 1. The Bertz CT molecular complexity index is 1460. The SMILES string of the molecule is CCOc1cccc(C2C(=C(O)c3ccncc3)C(=O)C(=O)N2c2nnc(SCc3ccccc3)s2)c1. The van der Waals surface area contributed by atoms with Gasteiger partial charge >= 0.3 is 5.91 Å². The zero-order chi connectivity index (χ0) is 25.8. The second-order valence-electron chi connectivity index (χ2n) is 8.04. The van der Waals surface area contributed by atoms with Crippen LogP contribution < -0.4 is 9.64 Å². The van der Waals surface area contributed by atoms with E-state index in [0.717, 1.165) is 5.56 Å². The van der Waals surface area contributed by atoms with E-state index in [1.165, 1.54) is 40.4 Å². The third kappa shape index (κ3) is 5.11. The molecule has 8 nitrogen and oxygen atoms in total. The molecule has 4 aromatic rings. The number of nitrogens with zero attached hydrogens (tertiary/aromatic N) is 4. The Hall–Kier alpha value is -4.02. The van der Waals surface area contributed by atoms with Crippen LogP contribution in [-0.4, -0.2) is 38.6 Å². The van der Waals surface area contributed by atoms with Gasteiger partial charge in [-0.1, -0.05) is 65.6 Å². The first-order valence-corrected chi connectivity index (χ1v) is 13.3. The third-order valence-electron chi connectivity index (χ3n) is 5.69. The fourth-order valence-corrected chi connectivity index (χ4v) is 5.85. The summed E-state index contributed by atoms with van der Waals surface area (Å²) in [5.41, 5.74) is 2.10. The lowest BCUT2D eigenvalue weighted by molar-refractivity contribution is -0.132. The molecular formula is C27H22N4O4S2. The Morgan fingerprint density at radius 3 is 2.59 bits per heavy atom. The maximum Gasteiger partial charge on any atom is 0.301 e. The Balaban J connectivity index is 1.56. The van der Waals surface area contributed by atoms with Gasteiger partial charge in [0.2, 0.25) is 5.13 Å². The molecule has 0 spiro atoms. The van der Waals surface area contributed by atoms with E-state index >= 15 is 0 Å². The van der Waals surface area contributed by atoms with Gasteiger partial charge < -0.3 is 9.84 Å². The van der Waals surface area contributed by atoms with Crippen molar-refractivity contribution in [2.45, 2.75) is 23.1 Å². The van der Waals surface area contributed by atoms with Gasteiger partial charge in [0.1, 0.15) is 11.5 Å². The summed E-state index contributed by atoms with van der Waals surface area (Å²) in [6.07, 6.45) is 3.02. The fraction of sp³-hybridized carbons (Fsp3) is 0.148. The van der Waals surface area contributed by atoms with E-state index in [4.69, 9.17) is 4.74 Å². The quantitative estimate of drug-likeness (QED) is 0.108. The van der Waals surface area contributed by atoms with Crippen LogP contribution in [0.15, 0.2) is 89.0 Å². The van der Waals surface area contributed by atoms with Crippen molar-refractivity contribution in [1.29, 1.82) is 0 Å². The molecule has 2 aromatic heterocycles. The summed E-state index contributed by atoms with van der Waals surface area (Å²) >= 11 is 2.72. The Morgan fingerprint density at radius 2 is 1.84 bits per heavy atom. The van der Waals surface area contributed by atoms with E-state index in [9.17, 15) is 14.7 Å². The molecule has 0 radical (unpaired) electrons. The molecule has 1 saturated heterocycles. The summed E-state index contributed by atoms with van der Waals surface area (Å²) in [6, 6.07) is 19.3. The maximum absolute atomic E-state index is 13.4. The normalized spacial score (nSPS) is 16.8. The summed E-state index contributed by atoms with van der Waals surface area (Å²) in [6.45, 7) is 2.33. The van der Waals surface area contributed by atoms with E-state index in [0.29, 0.717) is 33.6 Å². The number of Topliss-reactive ketones (excluding diaryl/α,β-unsaturated/α-hetero) is 1. The highest BCUT2D eigenvalue weighted by Gasteiger charge is 2.48. The minimum Gasteiger partial charge on any atom is -0.507 e. The molecule has 186 valence electrons. The average Bonchev–Trinajstić information content (AvgIpc) is 3.50. The number of carbonyl (C=O) groups is 2. The topological polar surface area (TPSA) is 106 Å². The summed E-state index contributed by atoms with van der Waals surface area (Å²) in [5, 5.41) is 20.0. The number of hydrogen-bond donors (Lipinski definition) is 1. The van der Waals surface area contributed by atoms with Crippen molar-refractivity contribution in [3.05, 3.63) is 101 Å². The molecule has 1 aliphatic heterocycles. The largest absolute Gasteiger partial charge is 0.507 e. The van der Waals surface area contributed by atoms with Crippen LogP contribution in [0.25, 0.3) is 5.76 Å². The summed E-state index contributed by atoms with van der Waals surface area (Å²) in [7, 11) is 0. The third-order valence-corrected chi connectivity index (χ3v) is 7.82. The standard InChI is InChI=1S/C27H22N4O4S2/c1-2-35-20-10-6-9-19(15-20)22-21(23(32)18-11-13-28-14-12-18)24(33)25(34)31(22)26-29-30-27(37-26)36-16-17-7-4-3-5-8-17/h3-15,22,32H,2,16H2,1H3. The van der Waals surface area contributed by atoms with Gasteiger partial charge in [0, 0.05) is 23.7 Å². The highest BCUT2D eigenvalue weighted by molar-refractivity contribution is 8.00. The molecule has 1 N–H and O–H groups in total. The fourth-order valence-electron chi connectivity index (χ4n) is 4.03. The van der Waals surface area contributed by atoms with Crippen molar-refractivity contribution >= 4 is 45.7 Å². The number of thioether (sulfide) groups is 1. The van der Waals surface area contributed by atoms with E-state index in [1.807, 2.05) is 37.3 Å². The van der Waals surface area contributed by atoms with Crippen molar-refractivity contribution in [3.63, 3.8) is 0 Å². The van der Waals surface area contributed by atoms with Crippen LogP contribution in [0.3, 0.4) is 0 Å². The van der Waals surface area contributed by atoms with E-state index in [-0.39, 0.29) is 16.5 Å². The molecule has 1 amide bonds. The van der Waals surface area contributed by atoms with Crippen molar-refractivity contribution in [2.24, 2.45) is 0 Å². The number of aliphatic hydroxyl groups excluding tert-OH is 1. The van der Waals surface area contributed by atoms with E-state index in [2.05, 4.69) is 15.2 Å². The van der Waals surface area contributed by atoms with Gasteiger partial charge in [0.15, 0.2) is 4.34 Å². The van der Waals surface area contributed by atoms with Crippen molar-refractivity contribution in [1.82, 2.24) is 15.2 Å². The molecule has 1 aliphatic rings. The minimum atomic E-state index is -0.909. The molecule has 3 heterocycles. The lowest BCUT2D eigenvalue weighted by Gasteiger charge is -2.23. The van der Waals surface area contributed by atoms with E-state index < -0.39 is 17.7 Å². The molecule has 0 aliphatic carbocycles. The van der Waals surface area contributed by atoms with Gasteiger partial charge in [0.25, 0.3) is 5.78 Å². The Kier molecular flexibility index (Phi) is 7.29. The van der Waals surface area contributed by atoms with Crippen LogP contribution >= 0.6 is 23.1 Å². The first-order chi connectivity index (χ1) is 18.1. The molecule has 1 unspecified atom stereocenters. The number of pyridine rings is 1. The molecule has 0 bridgehead atoms. The van der Waals surface area contributed by atoms with Crippen LogP contribution in [0.1, 0.15) is 29.7 Å². The molecule has 1 atom stereocenters. The highest BCUT2D eigenvalue weighted by atomic mass is 32.2. The number of rotatable bonds is 8. The van der Waals surface area contributed by atoms with Gasteiger partial charge in [-0.3, -0.25) is 19.5 Å². The van der Waals surface area contributed by atoms with Crippen molar-refractivity contribution in [3.8, 4) is 5.75 Å². The number of amides is 1. The number of ether oxygens (including phenoxy) is 1. The average molecular weight is 531 g/mol. The van der Waals surface area contributed by atoms with Crippen LogP contribution in [-0.2, 0) is 15.3 Å². The molecule has 2 aromatic carbocycles. The van der Waals surface area contributed by atoms with Gasteiger partial charge in [0.05, 0.1) is 18.2 Å². The molecule has 37 heavy (non-hydrogen) atoms. The summed E-state index contributed by atoms with van der Waals surface area (Å²) in [4.78, 5) is 31.9. The lowest BCUT2D eigenvalue weighted by atomic mass is 9.95. The second kappa shape index (κ2) is 10.9. The predicted molar refractivity (Wildman–Crippen MR) is 143 cm³/mol. The number of ketones is 1. The first-order valence-electron chi connectivity index (χ1n) is 11.5.